The van der Waals surface area contributed by atoms with Crippen LogP contribution in [0.4, 0.5) is 4.79 Å². The van der Waals surface area contributed by atoms with E-state index in [-0.39, 0.29) is 0 Å². The third-order valence-electron chi connectivity index (χ3n) is 0.825. The van der Waals surface area contributed by atoms with Crippen LogP contribution in [0.2, 0.25) is 0 Å². The van der Waals surface area contributed by atoms with Gasteiger partial charge in [-0.1, -0.05) is 0 Å². The molecule has 0 aromatic heterocycles. The predicted molar refractivity (Wildman–Crippen MR) is 35.7 cm³/mol. The molecular weight excluding hydrogens is 134 g/mol. The molecule has 1 atom stereocenters. The van der Waals surface area contributed by atoms with E-state index in [9.17, 15) is 9.59 Å². The van der Waals surface area contributed by atoms with Crippen molar-refractivity contribution in [1.82, 2.24) is 5.32 Å². The molecule has 0 aromatic carbocycles. The average Bonchev–Trinajstić information content (AvgIpc) is 1.88. The minimum Gasteiger partial charge on any atom is -0.450 e. The molecule has 0 unspecified atom stereocenters. The molecule has 0 rings (SSSR count). The van der Waals surface area contributed by atoms with E-state index in [2.05, 4.69) is 10.1 Å². The largest absolute Gasteiger partial charge is 0.450 e. The Kier molecular flexibility index (Phi) is 4.28. The maximum Gasteiger partial charge on any atom is 0.407 e. The van der Waals surface area contributed by atoms with E-state index >= 15 is 0 Å². The molecule has 0 fully saturated rings. The Labute approximate surface area is 59.6 Å². The maximum atomic E-state index is 10.5. The smallest absolute Gasteiger partial charge is 0.407 e. The van der Waals surface area contributed by atoms with Crippen molar-refractivity contribution in [1.29, 1.82) is 0 Å². The van der Waals surface area contributed by atoms with Crippen LogP contribution in [-0.4, -0.2) is 25.0 Å². The maximum absolute atomic E-state index is 10.5. The standard InChI is InChI=1S/C6H11NO3/c1-3-10-6(9)7-5(2)4-8/h4-5H,3H2,1-2H3,(H,7,9)/t5-/m0/s1. The average molecular weight is 145 g/mol. The molecule has 1 N–H and O–H groups in total. The Hall–Kier alpha value is -1.06. The second-order valence-electron chi connectivity index (χ2n) is 1.79. The van der Waals surface area contributed by atoms with Crippen LogP contribution in [0.1, 0.15) is 13.8 Å². The van der Waals surface area contributed by atoms with Gasteiger partial charge in [0.05, 0.1) is 12.6 Å². The summed E-state index contributed by atoms with van der Waals surface area (Å²) in [5, 5.41) is 2.30. The second kappa shape index (κ2) is 4.78. The molecule has 58 valence electrons. The van der Waals surface area contributed by atoms with Gasteiger partial charge in [-0.3, -0.25) is 0 Å². The molecule has 4 nitrogen and oxygen atoms in total. The molecule has 0 bridgehead atoms. The normalized spacial score (nSPS) is 11.8. The second-order valence-corrected chi connectivity index (χ2v) is 1.79. The van der Waals surface area contributed by atoms with Crippen molar-refractivity contribution in [3.8, 4) is 0 Å². The van der Waals surface area contributed by atoms with Gasteiger partial charge in [-0.2, -0.15) is 0 Å². The summed E-state index contributed by atoms with van der Waals surface area (Å²) in [7, 11) is 0. The number of nitrogens with one attached hydrogen (secondary N) is 1. The summed E-state index contributed by atoms with van der Waals surface area (Å²) in [6.07, 6.45) is 0.0822. The highest BCUT2D eigenvalue weighted by atomic mass is 16.5. The highest BCUT2D eigenvalue weighted by Gasteiger charge is 2.04. The van der Waals surface area contributed by atoms with Crippen LogP contribution in [-0.2, 0) is 9.53 Å². The van der Waals surface area contributed by atoms with Crippen molar-refractivity contribution in [2.75, 3.05) is 6.61 Å². The highest BCUT2D eigenvalue weighted by molar-refractivity contribution is 5.72. The zero-order chi connectivity index (χ0) is 7.98. The Morgan fingerprint density at radius 2 is 2.40 bits per heavy atom. The number of hydrogen-bond donors (Lipinski definition) is 1. The van der Waals surface area contributed by atoms with E-state index in [0.717, 1.165) is 0 Å². The van der Waals surface area contributed by atoms with Crippen LogP contribution in [0.15, 0.2) is 0 Å². The molecule has 1 amide bonds. The van der Waals surface area contributed by atoms with E-state index in [4.69, 9.17) is 0 Å². The summed E-state index contributed by atoms with van der Waals surface area (Å²) >= 11 is 0. The summed E-state index contributed by atoms with van der Waals surface area (Å²) in [5.74, 6) is 0. The molecule has 10 heavy (non-hydrogen) atoms. The summed E-state index contributed by atoms with van der Waals surface area (Å²) < 4.78 is 4.51. The Balaban J connectivity index is 3.46. The first-order valence-electron chi connectivity index (χ1n) is 3.09. The first-order valence-corrected chi connectivity index (χ1v) is 3.09. The SMILES string of the molecule is CCOC(=O)N[C@@H](C)C=O. The van der Waals surface area contributed by atoms with Crippen LogP contribution in [0, 0.1) is 0 Å². The van der Waals surface area contributed by atoms with E-state index in [0.29, 0.717) is 12.9 Å². The highest BCUT2D eigenvalue weighted by Crippen LogP contribution is 1.79. The summed E-state index contributed by atoms with van der Waals surface area (Å²) in [6, 6.07) is -0.473. The van der Waals surface area contributed by atoms with Crippen molar-refractivity contribution in [2.24, 2.45) is 0 Å². The van der Waals surface area contributed by atoms with Gasteiger partial charge in [0, 0.05) is 0 Å². The van der Waals surface area contributed by atoms with Crippen molar-refractivity contribution in [3.63, 3.8) is 0 Å². The first kappa shape index (κ1) is 8.94. The lowest BCUT2D eigenvalue weighted by Crippen LogP contribution is -2.33. The molecule has 0 saturated carbocycles. The Morgan fingerprint density at radius 3 is 2.80 bits per heavy atom. The van der Waals surface area contributed by atoms with Gasteiger partial charge in [0.2, 0.25) is 0 Å². The fraction of sp³-hybridized carbons (Fsp3) is 0.667. The van der Waals surface area contributed by atoms with Gasteiger partial charge in [-0.05, 0) is 13.8 Å². The molecule has 4 heteroatoms. The van der Waals surface area contributed by atoms with Gasteiger partial charge in [0.15, 0.2) is 0 Å². The van der Waals surface area contributed by atoms with Crippen LogP contribution in [0.5, 0.6) is 0 Å². The fourth-order valence-electron chi connectivity index (χ4n) is 0.393. The minimum absolute atomic E-state index is 0.317. The van der Waals surface area contributed by atoms with Gasteiger partial charge >= 0.3 is 6.09 Å². The first-order chi connectivity index (χ1) is 4.70. The van der Waals surface area contributed by atoms with Crippen molar-refractivity contribution in [3.05, 3.63) is 0 Å². The quantitative estimate of drug-likeness (QED) is 0.582. The molecule has 0 aliphatic rings. The molecular formula is C6H11NO3. The Morgan fingerprint density at radius 1 is 1.80 bits per heavy atom. The minimum atomic E-state index is -0.554. The number of carbonyl (C=O) groups excluding carboxylic acids is 2. The molecule has 0 spiro atoms. The zero-order valence-corrected chi connectivity index (χ0v) is 6.09. The number of carbonyl (C=O) groups is 2. The van der Waals surface area contributed by atoms with Gasteiger partial charge in [-0.25, -0.2) is 4.79 Å². The summed E-state index contributed by atoms with van der Waals surface area (Å²) in [6.45, 7) is 3.59. The van der Waals surface area contributed by atoms with Gasteiger partial charge < -0.3 is 14.8 Å². The molecule has 0 saturated heterocycles. The third kappa shape index (κ3) is 3.88. The van der Waals surface area contributed by atoms with Crippen LogP contribution in [0.25, 0.3) is 0 Å². The van der Waals surface area contributed by atoms with Crippen LogP contribution >= 0.6 is 0 Å². The van der Waals surface area contributed by atoms with Crippen molar-refractivity contribution < 1.29 is 14.3 Å². The molecule has 0 aromatic rings. The monoisotopic (exact) mass is 145 g/mol. The number of aldehydes is 1. The van der Waals surface area contributed by atoms with Crippen LogP contribution in [0.3, 0.4) is 0 Å². The zero-order valence-electron chi connectivity index (χ0n) is 6.09. The third-order valence-corrected chi connectivity index (χ3v) is 0.825. The molecule has 0 radical (unpaired) electrons. The van der Waals surface area contributed by atoms with E-state index in [1.807, 2.05) is 0 Å². The number of hydrogen-bond acceptors (Lipinski definition) is 3. The lowest BCUT2D eigenvalue weighted by molar-refractivity contribution is -0.109. The van der Waals surface area contributed by atoms with E-state index < -0.39 is 12.1 Å². The molecule has 0 aliphatic heterocycles. The summed E-state index contributed by atoms with van der Waals surface area (Å²) in [4.78, 5) is 20.5. The lowest BCUT2D eigenvalue weighted by Gasteiger charge is -2.05. The molecule has 0 heterocycles. The Bertz CT molecular complexity index is 124. The lowest BCUT2D eigenvalue weighted by atomic mass is 10.4. The van der Waals surface area contributed by atoms with Crippen LogP contribution < -0.4 is 5.32 Å². The van der Waals surface area contributed by atoms with Crippen molar-refractivity contribution >= 4 is 12.4 Å². The molecule has 0 aliphatic carbocycles. The number of rotatable bonds is 3. The van der Waals surface area contributed by atoms with Gasteiger partial charge in [0.25, 0.3) is 0 Å². The predicted octanol–water partition coefficient (Wildman–Crippen LogP) is 0.320. The number of amides is 1. The number of alkyl carbamates (subject to hydrolysis) is 1. The van der Waals surface area contributed by atoms with Gasteiger partial charge in [-0.15, -0.1) is 0 Å². The fourth-order valence-corrected chi connectivity index (χ4v) is 0.393. The van der Waals surface area contributed by atoms with Crippen molar-refractivity contribution in [2.45, 2.75) is 19.9 Å². The van der Waals surface area contributed by atoms with E-state index in [1.165, 1.54) is 0 Å². The van der Waals surface area contributed by atoms with Gasteiger partial charge in [0.1, 0.15) is 6.29 Å². The number of ether oxygens (including phenoxy) is 1. The van der Waals surface area contributed by atoms with E-state index in [1.54, 1.807) is 13.8 Å². The topological polar surface area (TPSA) is 55.4 Å². The summed E-state index contributed by atoms with van der Waals surface area (Å²) in [5.41, 5.74) is 0.